The first kappa shape index (κ1) is 15.1. The summed E-state index contributed by atoms with van der Waals surface area (Å²) in [5.74, 6) is 0.322. The van der Waals surface area contributed by atoms with Crippen molar-refractivity contribution in [2.75, 3.05) is 0 Å². The van der Waals surface area contributed by atoms with Crippen LogP contribution in [-0.4, -0.2) is 11.1 Å². The van der Waals surface area contributed by atoms with Gasteiger partial charge in [-0.05, 0) is 53.4 Å². The lowest BCUT2D eigenvalue weighted by Crippen LogP contribution is -2.27. The van der Waals surface area contributed by atoms with Crippen molar-refractivity contribution in [3.05, 3.63) is 63.6 Å². The molecule has 0 heterocycles. The van der Waals surface area contributed by atoms with Gasteiger partial charge in [0.2, 0.25) is 0 Å². The Balaban J connectivity index is 1.94. The van der Waals surface area contributed by atoms with Gasteiger partial charge in [-0.3, -0.25) is 0 Å². The Morgan fingerprint density at radius 1 is 1.10 bits per heavy atom. The monoisotopic (exact) mass is 333 g/mol. The number of benzene rings is 2. The van der Waals surface area contributed by atoms with Gasteiger partial charge in [-0.1, -0.05) is 36.4 Å². The molecule has 0 amide bonds. The molecule has 0 saturated carbocycles. The van der Waals surface area contributed by atoms with Crippen molar-refractivity contribution >= 4 is 15.9 Å². The van der Waals surface area contributed by atoms with Gasteiger partial charge >= 0.3 is 0 Å². The number of nitrogens with one attached hydrogen (secondary N) is 1. The van der Waals surface area contributed by atoms with Gasteiger partial charge in [0.25, 0.3) is 0 Å². The molecule has 0 aliphatic rings. The summed E-state index contributed by atoms with van der Waals surface area (Å²) in [6.45, 7) is 4.97. The van der Waals surface area contributed by atoms with E-state index in [1.165, 1.54) is 11.1 Å². The molecule has 0 saturated heterocycles. The normalized spacial score (nSPS) is 12.3. The number of phenolic OH excluding ortho intramolecular Hbond substituents is 1. The minimum absolute atomic E-state index is 0.322. The van der Waals surface area contributed by atoms with Crippen LogP contribution < -0.4 is 5.32 Å². The number of hydrogen-bond acceptors (Lipinski definition) is 2. The number of phenols is 1. The van der Waals surface area contributed by atoms with Crippen LogP contribution in [0.4, 0.5) is 0 Å². The molecule has 20 heavy (non-hydrogen) atoms. The molecule has 2 N–H and O–H groups in total. The Hall–Kier alpha value is -1.32. The summed E-state index contributed by atoms with van der Waals surface area (Å²) in [4.78, 5) is 0. The highest BCUT2D eigenvalue weighted by Crippen LogP contribution is 2.27. The van der Waals surface area contributed by atoms with Crippen molar-refractivity contribution in [2.24, 2.45) is 0 Å². The Morgan fingerprint density at radius 3 is 2.55 bits per heavy atom. The van der Waals surface area contributed by atoms with Gasteiger partial charge in [0.15, 0.2) is 0 Å². The van der Waals surface area contributed by atoms with Gasteiger partial charge in [0.1, 0.15) is 5.75 Å². The van der Waals surface area contributed by atoms with Crippen LogP contribution in [0.2, 0.25) is 0 Å². The molecule has 2 rings (SSSR count). The maximum atomic E-state index is 9.96. The van der Waals surface area contributed by atoms with Crippen LogP contribution in [0.25, 0.3) is 0 Å². The first-order valence-electron chi connectivity index (χ1n) is 6.82. The predicted octanol–water partition coefficient (Wildman–Crippen LogP) is 4.18. The molecule has 1 atom stereocenters. The van der Waals surface area contributed by atoms with E-state index in [2.05, 4.69) is 59.4 Å². The van der Waals surface area contributed by atoms with Gasteiger partial charge in [-0.25, -0.2) is 0 Å². The molecule has 0 fully saturated rings. The lowest BCUT2D eigenvalue weighted by atomic mass is 10.0. The third-order valence-corrected chi connectivity index (χ3v) is 4.14. The zero-order chi connectivity index (χ0) is 14.5. The fourth-order valence-electron chi connectivity index (χ4n) is 2.23. The van der Waals surface area contributed by atoms with E-state index >= 15 is 0 Å². The molecule has 0 bridgehead atoms. The Labute approximate surface area is 129 Å². The zero-order valence-corrected chi connectivity index (χ0v) is 13.4. The van der Waals surface area contributed by atoms with Gasteiger partial charge in [0.05, 0.1) is 4.47 Å². The third kappa shape index (κ3) is 3.84. The second-order valence-electron chi connectivity index (χ2n) is 5.16. The fraction of sp³-hybridized carbons (Fsp3) is 0.294. The number of hydrogen-bond donors (Lipinski definition) is 2. The average Bonchev–Trinajstić information content (AvgIpc) is 2.43. The van der Waals surface area contributed by atoms with Crippen LogP contribution in [0.5, 0.6) is 5.75 Å². The second kappa shape index (κ2) is 6.91. The minimum atomic E-state index is 0.322. The Bertz CT molecular complexity index is 583. The van der Waals surface area contributed by atoms with Crippen LogP contribution in [0.3, 0.4) is 0 Å². The van der Waals surface area contributed by atoms with E-state index in [9.17, 15) is 5.11 Å². The topological polar surface area (TPSA) is 32.3 Å². The van der Waals surface area contributed by atoms with Crippen LogP contribution in [-0.2, 0) is 13.0 Å². The molecular formula is C17H20BrNO. The molecule has 2 nitrogen and oxygen atoms in total. The van der Waals surface area contributed by atoms with E-state index in [-0.39, 0.29) is 0 Å². The molecule has 1 unspecified atom stereocenters. The molecule has 0 aliphatic carbocycles. The molecule has 0 aliphatic heterocycles. The Morgan fingerprint density at radius 2 is 1.80 bits per heavy atom. The summed E-state index contributed by atoms with van der Waals surface area (Å²) < 4.78 is 0.739. The van der Waals surface area contributed by atoms with Crippen LogP contribution >= 0.6 is 15.9 Å². The summed E-state index contributed by atoms with van der Waals surface area (Å²) in [5, 5.41) is 13.4. The van der Waals surface area contributed by atoms with Crippen molar-refractivity contribution in [2.45, 2.75) is 32.9 Å². The van der Waals surface area contributed by atoms with Crippen LogP contribution in [0.1, 0.15) is 23.6 Å². The van der Waals surface area contributed by atoms with Gasteiger partial charge in [0, 0.05) is 18.2 Å². The van der Waals surface area contributed by atoms with Crippen molar-refractivity contribution in [3.63, 3.8) is 0 Å². The summed E-state index contributed by atoms with van der Waals surface area (Å²) in [7, 11) is 0. The zero-order valence-electron chi connectivity index (χ0n) is 11.9. The first-order chi connectivity index (χ1) is 9.58. The molecule has 0 radical (unpaired) electrons. The SMILES string of the molecule is Cc1ccccc1CC(C)NCc1cccc(Br)c1O. The number of para-hydroxylation sites is 1. The smallest absolute Gasteiger partial charge is 0.134 e. The molecule has 2 aromatic carbocycles. The molecule has 0 aromatic heterocycles. The maximum absolute atomic E-state index is 9.96. The summed E-state index contributed by atoms with van der Waals surface area (Å²) in [5.41, 5.74) is 3.61. The molecule has 0 spiro atoms. The first-order valence-corrected chi connectivity index (χ1v) is 7.61. The van der Waals surface area contributed by atoms with E-state index in [1.54, 1.807) is 0 Å². The van der Waals surface area contributed by atoms with Gasteiger partial charge < -0.3 is 10.4 Å². The largest absolute Gasteiger partial charge is 0.506 e. The van der Waals surface area contributed by atoms with Gasteiger partial charge in [-0.2, -0.15) is 0 Å². The second-order valence-corrected chi connectivity index (χ2v) is 6.01. The maximum Gasteiger partial charge on any atom is 0.134 e. The van der Waals surface area contributed by atoms with E-state index in [4.69, 9.17) is 0 Å². The highest BCUT2D eigenvalue weighted by molar-refractivity contribution is 9.10. The molecular weight excluding hydrogens is 314 g/mol. The van der Waals surface area contributed by atoms with Crippen molar-refractivity contribution in [3.8, 4) is 5.75 Å². The highest BCUT2D eigenvalue weighted by atomic mass is 79.9. The molecule has 3 heteroatoms. The standard InChI is InChI=1S/C17H20BrNO/c1-12-6-3-4-7-14(12)10-13(2)19-11-15-8-5-9-16(18)17(15)20/h3-9,13,19-20H,10-11H2,1-2H3. The highest BCUT2D eigenvalue weighted by Gasteiger charge is 2.08. The minimum Gasteiger partial charge on any atom is -0.506 e. The number of aromatic hydroxyl groups is 1. The number of halogens is 1. The molecule has 2 aromatic rings. The van der Waals surface area contributed by atoms with E-state index in [1.807, 2.05) is 18.2 Å². The van der Waals surface area contributed by atoms with E-state index < -0.39 is 0 Å². The summed E-state index contributed by atoms with van der Waals surface area (Å²) >= 11 is 3.34. The number of rotatable bonds is 5. The lowest BCUT2D eigenvalue weighted by molar-refractivity contribution is 0.455. The average molecular weight is 334 g/mol. The van der Waals surface area contributed by atoms with Crippen molar-refractivity contribution < 1.29 is 5.11 Å². The summed E-state index contributed by atoms with van der Waals surface area (Å²) in [6.07, 6.45) is 0.988. The predicted molar refractivity (Wildman–Crippen MR) is 87.0 cm³/mol. The van der Waals surface area contributed by atoms with Crippen molar-refractivity contribution in [1.29, 1.82) is 0 Å². The van der Waals surface area contributed by atoms with Crippen LogP contribution in [0, 0.1) is 6.92 Å². The number of aryl methyl sites for hydroxylation is 1. The lowest BCUT2D eigenvalue weighted by Gasteiger charge is -2.16. The summed E-state index contributed by atoms with van der Waals surface area (Å²) in [6, 6.07) is 14.5. The third-order valence-electron chi connectivity index (χ3n) is 3.50. The van der Waals surface area contributed by atoms with E-state index in [0.717, 1.165) is 16.5 Å². The van der Waals surface area contributed by atoms with Crippen LogP contribution in [0.15, 0.2) is 46.9 Å². The quantitative estimate of drug-likeness (QED) is 0.860. The fourth-order valence-corrected chi connectivity index (χ4v) is 2.64. The van der Waals surface area contributed by atoms with Gasteiger partial charge in [-0.15, -0.1) is 0 Å². The molecule has 106 valence electrons. The Kier molecular flexibility index (Phi) is 5.21. The van der Waals surface area contributed by atoms with E-state index in [0.29, 0.717) is 18.3 Å². The van der Waals surface area contributed by atoms with Crippen molar-refractivity contribution in [1.82, 2.24) is 5.32 Å².